The van der Waals surface area contributed by atoms with Crippen molar-refractivity contribution in [2.75, 3.05) is 13.1 Å². The first-order valence-corrected chi connectivity index (χ1v) is 8.02. The first kappa shape index (κ1) is 15.9. The molecule has 108 valence electrons. The average Bonchev–Trinajstić information content (AvgIpc) is 2.41. The fraction of sp³-hybridized carbons (Fsp3) is 0.385. The Balaban J connectivity index is 2.38. The van der Waals surface area contributed by atoms with Gasteiger partial charge in [-0.1, -0.05) is 30.1 Å². The van der Waals surface area contributed by atoms with E-state index in [4.69, 9.17) is 23.2 Å². The average molecular weight is 427 g/mol. The van der Waals surface area contributed by atoms with Crippen molar-refractivity contribution in [1.82, 2.24) is 10.2 Å². The van der Waals surface area contributed by atoms with Gasteiger partial charge in [-0.3, -0.25) is 9.59 Å². The lowest BCUT2D eigenvalue weighted by molar-refractivity contribution is -0.127. The van der Waals surface area contributed by atoms with Crippen molar-refractivity contribution in [2.45, 2.75) is 19.4 Å². The zero-order chi connectivity index (χ0) is 14.9. The molecule has 0 aliphatic carbocycles. The van der Waals surface area contributed by atoms with Crippen molar-refractivity contribution in [1.29, 1.82) is 0 Å². The topological polar surface area (TPSA) is 49.4 Å². The number of halogens is 3. The second-order valence-corrected chi connectivity index (χ2v) is 6.39. The normalized spacial score (nSPS) is 18.9. The molecule has 1 heterocycles. The van der Waals surface area contributed by atoms with Crippen LogP contribution in [0.25, 0.3) is 0 Å². The van der Waals surface area contributed by atoms with Crippen LogP contribution in [0.2, 0.25) is 10.0 Å². The summed E-state index contributed by atoms with van der Waals surface area (Å²) in [4.78, 5) is 26.1. The summed E-state index contributed by atoms with van der Waals surface area (Å²) in [6, 6.07) is 2.75. The Hall–Kier alpha value is -0.530. The van der Waals surface area contributed by atoms with Gasteiger partial charge in [0.15, 0.2) is 0 Å². The molecule has 20 heavy (non-hydrogen) atoms. The zero-order valence-electron chi connectivity index (χ0n) is 10.8. The summed E-state index contributed by atoms with van der Waals surface area (Å²) in [5.74, 6) is -0.323. The molecule has 2 rings (SSSR count). The number of piperazine rings is 1. The van der Waals surface area contributed by atoms with E-state index in [1.807, 2.05) is 29.5 Å². The number of benzene rings is 1. The van der Waals surface area contributed by atoms with Gasteiger partial charge in [0.1, 0.15) is 6.04 Å². The van der Waals surface area contributed by atoms with Crippen LogP contribution < -0.4 is 5.32 Å². The van der Waals surface area contributed by atoms with Crippen LogP contribution in [0.15, 0.2) is 12.1 Å². The molecule has 1 N–H and O–H groups in total. The number of carbonyl (C=O) groups is 2. The maximum Gasteiger partial charge on any atom is 0.255 e. The van der Waals surface area contributed by atoms with Gasteiger partial charge >= 0.3 is 0 Å². The number of nitrogens with one attached hydrogen (secondary N) is 1. The van der Waals surface area contributed by atoms with Crippen LogP contribution >= 0.6 is 45.8 Å². The molecular formula is C13H13Cl2IN2O2. The molecule has 1 atom stereocenters. The standard InChI is InChI=1S/C13H13Cl2IN2O2/c1-2-10-12(19)17-3-4-18(10)13(20)8-5-7(14)6-9(15)11(8)16/h5-6,10H,2-4H2,1H3,(H,17,19). The Morgan fingerprint density at radius 3 is 2.85 bits per heavy atom. The van der Waals surface area contributed by atoms with E-state index in [-0.39, 0.29) is 11.8 Å². The predicted octanol–water partition coefficient (Wildman–Crippen LogP) is 2.95. The molecule has 0 spiro atoms. The van der Waals surface area contributed by atoms with Crippen molar-refractivity contribution in [2.24, 2.45) is 0 Å². The van der Waals surface area contributed by atoms with E-state index >= 15 is 0 Å². The van der Waals surface area contributed by atoms with Crippen LogP contribution in [0, 0.1) is 3.57 Å². The van der Waals surface area contributed by atoms with Gasteiger partial charge in [-0.05, 0) is 41.1 Å². The fourth-order valence-electron chi connectivity index (χ4n) is 2.23. The molecular weight excluding hydrogens is 414 g/mol. The Morgan fingerprint density at radius 2 is 2.20 bits per heavy atom. The quantitative estimate of drug-likeness (QED) is 0.583. The molecule has 4 nitrogen and oxygen atoms in total. The molecule has 0 aromatic heterocycles. The summed E-state index contributed by atoms with van der Waals surface area (Å²) < 4.78 is 0.652. The van der Waals surface area contributed by atoms with Crippen molar-refractivity contribution >= 4 is 57.6 Å². The minimum atomic E-state index is -0.440. The molecule has 1 aromatic rings. The van der Waals surface area contributed by atoms with Crippen LogP contribution in [0.4, 0.5) is 0 Å². The van der Waals surface area contributed by atoms with Gasteiger partial charge in [0.2, 0.25) is 5.91 Å². The minimum absolute atomic E-state index is 0.116. The lowest BCUT2D eigenvalue weighted by Crippen LogP contribution is -2.57. The number of hydrogen-bond acceptors (Lipinski definition) is 2. The highest BCUT2D eigenvalue weighted by Crippen LogP contribution is 2.28. The second-order valence-electron chi connectivity index (χ2n) is 4.46. The summed E-state index contributed by atoms with van der Waals surface area (Å²) >= 11 is 14.0. The summed E-state index contributed by atoms with van der Waals surface area (Å²) in [5.41, 5.74) is 0.441. The summed E-state index contributed by atoms with van der Waals surface area (Å²) in [5, 5.41) is 3.62. The van der Waals surface area contributed by atoms with Crippen LogP contribution in [0.3, 0.4) is 0 Å². The minimum Gasteiger partial charge on any atom is -0.353 e. The molecule has 1 unspecified atom stereocenters. The molecule has 0 bridgehead atoms. The maximum absolute atomic E-state index is 12.7. The van der Waals surface area contributed by atoms with Crippen LogP contribution in [0.1, 0.15) is 23.7 Å². The highest BCUT2D eigenvalue weighted by Gasteiger charge is 2.33. The largest absolute Gasteiger partial charge is 0.353 e. The second kappa shape index (κ2) is 6.49. The lowest BCUT2D eigenvalue weighted by Gasteiger charge is -2.34. The third kappa shape index (κ3) is 3.04. The Kier molecular flexibility index (Phi) is 5.14. The third-order valence-corrected chi connectivity index (χ3v) is 5.20. The van der Waals surface area contributed by atoms with Crippen LogP contribution in [-0.4, -0.2) is 35.8 Å². The van der Waals surface area contributed by atoms with E-state index in [1.165, 1.54) is 0 Å². The van der Waals surface area contributed by atoms with E-state index in [0.29, 0.717) is 38.7 Å². The molecule has 0 radical (unpaired) electrons. The van der Waals surface area contributed by atoms with E-state index in [0.717, 1.165) is 0 Å². The Labute approximate surface area is 140 Å². The first-order chi connectivity index (χ1) is 9.45. The van der Waals surface area contributed by atoms with E-state index in [9.17, 15) is 9.59 Å². The van der Waals surface area contributed by atoms with E-state index in [2.05, 4.69) is 5.32 Å². The highest BCUT2D eigenvalue weighted by molar-refractivity contribution is 14.1. The van der Waals surface area contributed by atoms with E-state index < -0.39 is 6.04 Å². The number of carbonyl (C=O) groups excluding carboxylic acids is 2. The molecule has 1 saturated heterocycles. The van der Waals surface area contributed by atoms with Crippen molar-refractivity contribution in [3.05, 3.63) is 31.3 Å². The summed E-state index contributed by atoms with van der Waals surface area (Å²) in [6.45, 7) is 2.83. The molecule has 1 aromatic carbocycles. The lowest BCUT2D eigenvalue weighted by atomic mass is 10.1. The first-order valence-electron chi connectivity index (χ1n) is 6.19. The Bertz CT molecular complexity index is 566. The molecule has 0 saturated carbocycles. The predicted molar refractivity (Wildman–Crippen MR) is 87.3 cm³/mol. The van der Waals surface area contributed by atoms with Gasteiger partial charge < -0.3 is 10.2 Å². The van der Waals surface area contributed by atoms with Crippen molar-refractivity contribution in [3.63, 3.8) is 0 Å². The van der Waals surface area contributed by atoms with Gasteiger partial charge in [0, 0.05) is 21.7 Å². The smallest absolute Gasteiger partial charge is 0.255 e. The van der Waals surface area contributed by atoms with Gasteiger partial charge in [-0.15, -0.1) is 0 Å². The van der Waals surface area contributed by atoms with Crippen molar-refractivity contribution < 1.29 is 9.59 Å². The molecule has 1 fully saturated rings. The van der Waals surface area contributed by atoms with Gasteiger partial charge in [-0.2, -0.15) is 0 Å². The molecule has 1 aliphatic rings. The zero-order valence-corrected chi connectivity index (χ0v) is 14.4. The number of amides is 2. The summed E-state index contributed by atoms with van der Waals surface area (Å²) in [6.07, 6.45) is 0.572. The Morgan fingerprint density at radius 1 is 1.50 bits per heavy atom. The van der Waals surface area contributed by atoms with Crippen LogP contribution in [-0.2, 0) is 4.79 Å². The van der Waals surface area contributed by atoms with Crippen molar-refractivity contribution in [3.8, 4) is 0 Å². The molecule has 2 amide bonds. The summed E-state index contributed by atoms with van der Waals surface area (Å²) in [7, 11) is 0. The SMILES string of the molecule is CCC1C(=O)NCCN1C(=O)c1cc(Cl)cc(Cl)c1I. The van der Waals surface area contributed by atoms with E-state index in [1.54, 1.807) is 17.0 Å². The molecule has 7 heteroatoms. The van der Waals surface area contributed by atoms with Gasteiger partial charge in [0.25, 0.3) is 5.91 Å². The highest BCUT2D eigenvalue weighted by atomic mass is 127. The maximum atomic E-state index is 12.7. The molecule has 1 aliphatic heterocycles. The number of nitrogens with zero attached hydrogens (tertiary/aromatic N) is 1. The monoisotopic (exact) mass is 426 g/mol. The third-order valence-electron chi connectivity index (χ3n) is 3.20. The number of hydrogen-bond donors (Lipinski definition) is 1. The fourth-order valence-corrected chi connectivity index (χ4v) is 3.27. The number of rotatable bonds is 2. The van der Waals surface area contributed by atoms with Gasteiger partial charge in [0.05, 0.1) is 10.6 Å². The van der Waals surface area contributed by atoms with Crippen LogP contribution in [0.5, 0.6) is 0 Å². The van der Waals surface area contributed by atoms with Gasteiger partial charge in [-0.25, -0.2) is 0 Å².